The van der Waals surface area contributed by atoms with Crippen LogP contribution in [-0.4, -0.2) is 35.3 Å². The predicted molar refractivity (Wildman–Crippen MR) is 109 cm³/mol. The molecule has 1 unspecified atom stereocenters. The average Bonchev–Trinajstić information content (AvgIpc) is 3.24. The normalized spacial score (nSPS) is 16.9. The SMILES string of the molecule is CN(Cc1cc2ccccc2[nH]1)C(=O)C1CC(=O)N(c2ccccc2Br)C1. The van der Waals surface area contributed by atoms with Gasteiger partial charge in [0.1, 0.15) is 0 Å². The van der Waals surface area contributed by atoms with Crippen LogP contribution in [0.4, 0.5) is 5.69 Å². The summed E-state index contributed by atoms with van der Waals surface area (Å²) in [4.78, 5) is 32.1. The lowest BCUT2D eigenvalue weighted by Crippen LogP contribution is -2.34. The lowest BCUT2D eigenvalue weighted by atomic mass is 10.1. The van der Waals surface area contributed by atoms with Crippen molar-refractivity contribution in [3.05, 3.63) is 64.8 Å². The number of aromatic amines is 1. The maximum absolute atomic E-state index is 12.9. The number of H-pyrrole nitrogens is 1. The van der Waals surface area contributed by atoms with Crippen molar-refractivity contribution in [2.45, 2.75) is 13.0 Å². The number of benzene rings is 2. The second kappa shape index (κ2) is 7.19. The molecule has 0 radical (unpaired) electrons. The summed E-state index contributed by atoms with van der Waals surface area (Å²) in [5.74, 6) is -0.338. The Bertz CT molecular complexity index is 980. The van der Waals surface area contributed by atoms with Crippen molar-refractivity contribution in [2.75, 3.05) is 18.5 Å². The van der Waals surface area contributed by atoms with E-state index in [1.165, 1.54) is 0 Å². The lowest BCUT2D eigenvalue weighted by Gasteiger charge is -2.21. The first-order valence-electron chi connectivity index (χ1n) is 8.89. The Morgan fingerprint density at radius 3 is 2.74 bits per heavy atom. The minimum absolute atomic E-state index is 0.00319. The van der Waals surface area contributed by atoms with Gasteiger partial charge in [0.2, 0.25) is 11.8 Å². The number of fused-ring (bicyclic) bond motifs is 1. The Hall–Kier alpha value is -2.60. The molecule has 1 aromatic heterocycles. The molecule has 0 spiro atoms. The Labute approximate surface area is 166 Å². The first-order valence-corrected chi connectivity index (χ1v) is 9.69. The third-order valence-corrected chi connectivity index (χ3v) is 5.66. The van der Waals surface area contributed by atoms with Crippen LogP contribution >= 0.6 is 15.9 Å². The number of hydrogen-bond acceptors (Lipinski definition) is 2. The van der Waals surface area contributed by atoms with Gasteiger partial charge in [-0.25, -0.2) is 0 Å². The molecule has 138 valence electrons. The highest BCUT2D eigenvalue weighted by molar-refractivity contribution is 9.10. The summed E-state index contributed by atoms with van der Waals surface area (Å²) < 4.78 is 0.859. The van der Waals surface area contributed by atoms with Crippen LogP contribution < -0.4 is 4.90 Å². The number of amides is 2. The van der Waals surface area contributed by atoms with Crippen LogP contribution in [0.5, 0.6) is 0 Å². The van der Waals surface area contributed by atoms with Gasteiger partial charge in [-0.05, 0) is 45.6 Å². The topological polar surface area (TPSA) is 56.4 Å². The smallest absolute Gasteiger partial charge is 0.228 e. The Kier molecular flexibility index (Phi) is 4.74. The third-order valence-electron chi connectivity index (χ3n) is 4.99. The monoisotopic (exact) mass is 425 g/mol. The standard InChI is InChI=1S/C21H20BrN3O2/c1-24(13-16-10-14-6-2-4-8-18(14)23-16)21(27)15-11-20(26)25(12-15)19-9-5-3-7-17(19)22/h2-10,15,23H,11-13H2,1H3. The van der Waals surface area contributed by atoms with Gasteiger partial charge in [0, 0.05) is 35.7 Å². The number of nitrogens with one attached hydrogen (secondary N) is 1. The fourth-order valence-electron chi connectivity index (χ4n) is 3.64. The van der Waals surface area contributed by atoms with Gasteiger partial charge in [-0.3, -0.25) is 9.59 Å². The summed E-state index contributed by atoms with van der Waals surface area (Å²) in [6.45, 7) is 0.907. The lowest BCUT2D eigenvalue weighted by molar-refractivity contribution is -0.135. The number of halogens is 1. The van der Waals surface area contributed by atoms with Crippen molar-refractivity contribution in [1.82, 2.24) is 9.88 Å². The van der Waals surface area contributed by atoms with Crippen molar-refractivity contribution >= 4 is 44.3 Å². The Morgan fingerprint density at radius 1 is 1.22 bits per heavy atom. The van der Waals surface area contributed by atoms with E-state index in [4.69, 9.17) is 0 Å². The fourth-order valence-corrected chi connectivity index (χ4v) is 4.14. The van der Waals surface area contributed by atoms with Crippen LogP contribution in [0.1, 0.15) is 12.1 Å². The first-order chi connectivity index (χ1) is 13.0. The number of carbonyl (C=O) groups excluding carboxylic acids is 2. The maximum Gasteiger partial charge on any atom is 0.228 e. The van der Waals surface area contributed by atoms with Crippen LogP contribution in [-0.2, 0) is 16.1 Å². The van der Waals surface area contributed by atoms with Crippen LogP contribution in [0.2, 0.25) is 0 Å². The molecule has 2 heterocycles. The molecule has 1 saturated heterocycles. The molecule has 1 N–H and O–H groups in total. The van der Waals surface area contributed by atoms with Gasteiger partial charge in [-0.1, -0.05) is 30.3 Å². The number of carbonyl (C=O) groups is 2. The van der Waals surface area contributed by atoms with Crippen molar-refractivity contribution in [1.29, 1.82) is 0 Å². The van der Waals surface area contributed by atoms with Crippen molar-refractivity contribution in [3.8, 4) is 0 Å². The first kappa shape index (κ1) is 17.8. The number of para-hydroxylation sites is 2. The van der Waals surface area contributed by atoms with Crippen LogP contribution in [0.25, 0.3) is 10.9 Å². The largest absolute Gasteiger partial charge is 0.357 e. The zero-order chi connectivity index (χ0) is 19.0. The number of aromatic nitrogens is 1. The highest BCUT2D eigenvalue weighted by Crippen LogP contribution is 2.32. The van der Waals surface area contributed by atoms with E-state index in [1.54, 1.807) is 16.8 Å². The number of nitrogens with zero attached hydrogens (tertiary/aromatic N) is 2. The summed E-state index contributed by atoms with van der Waals surface area (Å²) in [6, 6.07) is 17.7. The molecule has 0 saturated carbocycles. The van der Waals surface area contributed by atoms with Gasteiger partial charge in [-0.2, -0.15) is 0 Å². The summed E-state index contributed by atoms with van der Waals surface area (Å²) in [6.07, 6.45) is 0.247. The predicted octanol–water partition coefficient (Wildman–Crippen LogP) is 3.94. The number of anilines is 1. The van der Waals surface area contributed by atoms with E-state index in [2.05, 4.69) is 27.0 Å². The Balaban J connectivity index is 1.46. The molecular formula is C21H20BrN3O2. The minimum Gasteiger partial charge on any atom is -0.357 e. The van der Waals surface area contributed by atoms with E-state index in [-0.39, 0.29) is 24.2 Å². The van der Waals surface area contributed by atoms with Gasteiger partial charge < -0.3 is 14.8 Å². The Morgan fingerprint density at radius 2 is 1.96 bits per heavy atom. The van der Waals surface area contributed by atoms with Gasteiger partial charge in [0.05, 0.1) is 18.2 Å². The number of rotatable bonds is 4. The van der Waals surface area contributed by atoms with E-state index in [0.29, 0.717) is 13.1 Å². The molecule has 6 heteroatoms. The van der Waals surface area contributed by atoms with Crippen molar-refractivity contribution in [2.24, 2.45) is 5.92 Å². The molecule has 4 rings (SSSR count). The highest BCUT2D eigenvalue weighted by atomic mass is 79.9. The molecule has 0 bridgehead atoms. The van der Waals surface area contributed by atoms with Crippen LogP contribution in [0.15, 0.2) is 59.1 Å². The molecule has 5 nitrogen and oxygen atoms in total. The summed E-state index contributed by atoms with van der Waals surface area (Å²) >= 11 is 3.49. The second-order valence-corrected chi connectivity index (χ2v) is 7.79. The third kappa shape index (κ3) is 3.49. The van der Waals surface area contributed by atoms with Gasteiger partial charge in [0.25, 0.3) is 0 Å². The zero-order valence-electron chi connectivity index (χ0n) is 15.0. The summed E-state index contributed by atoms with van der Waals surface area (Å²) in [5, 5.41) is 1.13. The van der Waals surface area contributed by atoms with Gasteiger partial charge in [0.15, 0.2) is 0 Å². The summed E-state index contributed by atoms with van der Waals surface area (Å²) in [7, 11) is 1.79. The highest BCUT2D eigenvalue weighted by Gasteiger charge is 2.37. The molecule has 1 fully saturated rings. The van der Waals surface area contributed by atoms with Gasteiger partial charge in [-0.15, -0.1) is 0 Å². The van der Waals surface area contributed by atoms with E-state index in [1.807, 2.05) is 48.5 Å². The van der Waals surface area contributed by atoms with Crippen molar-refractivity contribution < 1.29 is 9.59 Å². The summed E-state index contributed by atoms with van der Waals surface area (Å²) in [5.41, 5.74) is 2.86. The average molecular weight is 426 g/mol. The molecule has 3 aromatic rings. The molecule has 0 aliphatic carbocycles. The quantitative estimate of drug-likeness (QED) is 0.687. The van der Waals surface area contributed by atoms with Gasteiger partial charge >= 0.3 is 0 Å². The maximum atomic E-state index is 12.9. The van der Waals surface area contributed by atoms with E-state index in [0.717, 1.165) is 26.8 Å². The van der Waals surface area contributed by atoms with Crippen LogP contribution in [0, 0.1) is 5.92 Å². The van der Waals surface area contributed by atoms with Crippen LogP contribution in [0.3, 0.4) is 0 Å². The molecule has 2 aromatic carbocycles. The molecule has 2 amide bonds. The fraction of sp³-hybridized carbons (Fsp3) is 0.238. The van der Waals surface area contributed by atoms with E-state index in [9.17, 15) is 9.59 Å². The van der Waals surface area contributed by atoms with E-state index >= 15 is 0 Å². The molecular weight excluding hydrogens is 406 g/mol. The number of hydrogen-bond donors (Lipinski definition) is 1. The molecule has 27 heavy (non-hydrogen) atoms. The molecule has 1 aliphatic heterocycles. The minimum atomic E-state index is -0.320. The zero-order valence-corrected chi connectivity index (χ0v) is 16.6. The molecule has 1 atom stereocenters. The molecule has 1 aliphatic rings. The van der Waals surface area contributed by atoms with E-state index < -0.39 is 0 Å². The second-order valence-electron chi connectivity index (χ2n) is 6.93. The van der Waals surface area contributed by atoms with Crippen molar-refractivity contribution in [3.63, 3.8) is 0 Å².